The molecule has 25 heavy (non-hydrogen) atoms. The zero-order chi connectivity index (χ0) is 17.8. The van der Waals surface area contributed by atoms with E-state index in [0.717, 1.165) is 0 Å². The second-order valence-electron chi connectivity index (χ2n) is 5.16. The van der Waals surface area contributed by atoms with E-state index in [4.69, 9.17) is 4.74 Å². The summed E-state index contributed by atoms with van der Waals surface area (Å²) >= 11 is 0. The summed E-state index contributed by atoms with van der Waals surface area (Å²) in [4.78, 5) is 12.2. The Morgan fingerprint density at radius 2 is 1.88 bits per heavy atom. The predicted molar refractivity (Wildman–Crippen MR) is 89.6 cm³/mol. The van der Waals surface area contributed by atoms with Crippen LogP contribution in [0, 0.1) is 17.1 Å². The van der Waals surface area contributed by atoms with Crippen molar-refractivity contribution >= 4 is 5.97 Å². The molecule has 0 N–H and O–H groups in total. The Labute approximate surface area is 143 Å². The number of ether oxygens (including phenoxy) is 1. The van der Waals surface area contributed by atoms with Crippen molar-refractivity contribution in [2.45, 2.75) is 6.92 Å². The molecule has 0 spiro atoms. The minimum absolute atomic E-state index is 0.0625. The van der Waals surface area contributed by atoms with E-state index in [1.165, 1.54) is 28.9 Å². The van der Waals surface area contributed by atoms with Crippen LogP contribution in [0.1, 0.15) is 23.0 Å². The zero-order valence-electron chi connectivity index (χ0n) is 13.4. The number of nitrogens with zero attached hydrogens (tertiary/aromatic N) is 3. The standard InChI is InChI=1S/C19H14FN3O2/c1-2-25-19(24)17-16(12-21)18(13-6-4-3-5-7-13)23(22-17)15-10-8-14(20)9-11-15/h3-11H,2H2,1H3. The first-order valence-electron chi connectivity index (χ1n) is 7.67. The van der Waals surface area contributed by atoms with Crippen LogP contribution in [-0.2, 0) is 4.74 Å². The topological polar surface area (TPSA) is 67.9 Å². The highest BCUT2D eigenvalue weighted by Crippen LogP contribution is 2.29. The molecule has 0 saturated heterocycles. The van der Waals surface area contributed by atoms with Crippen molar-refractivity contribution in [3.8, 4) is 23.0 Å². The van der Waals surface area contributed by atoms with Crippen LogP contribution in [0.3, 0.4) is 0 Å². The van der Waals surface area contributed by atoms with E-state index in [9.17, 15) is 14.4 Å². The first-order valence-corrected chi connectivity index (χ1v) is 7.67. The molecule has 0 amide bonds. The van der Waals surface area contributed by atoms with Gasteiger partial charge in [-0.05, 0) is 31.2 Å². The van der Waals surface area contributed by atoms with Crippen molar-refractivity contribution in [2.75, 3.05) is 6.61 Å². The maximum absolute atomic E-state index is 13.2. The van der Waals surface area contributed by atoms with Crippen molar-refractivity contribution in [3.05, 3.63) is 71.7 Å². The second-order valence-corrected chi connectivity index (χ2v) is 5.16. The van der Waals surface area contributed by atoms with Crippen LogP contribution < -0.4 is 0 Å². The molecule has 1 heterocycles. The molecule has 5 nitrogen and oxygen atoms in total. The van der Waals surface area contributed by atoms with Gasteiger partial charge >= 0.3 is 5.97 Å². The van der Waals surface area contributed by atoms with Crippen LogP contribution >= 0.6 is 0 Å². The summed E-state index contributed by atoms with van der Waals surface area (Å²) in [5.74, 6) is -1.06. The van der Waals surface area contributed by atoms with E-state index in [1.54, 1.807) is 6.92 Å². The molecule has 0 bridgehead atoms. The second kappa shape index (κ2) is 6.97. The summed E-state index contributed by atoms with van der Waals surface area (Å²) in [6.07, 6.45) is 0. The molecule has 0 aliphatic rings. The van der Waals surface area contributed by atoms with Gasteiger partial charge in [-0.25, -0.2) is 13.9 Å². The van der Waals surface area contributed by atoms with E-state index >= 15 is 0 Å². The largest absolute Gasteiger partial charge is 0.461 e. The summed E-state index contributed by atoms with van der Waals surface area (Å²) in [6.45, 7) is 1.85. The van der Waals surface area contributed by atoms with Gasteiger partial charge in [-0.1, -0.05) is 30.3 Å². The molecule has 0 aliphatic carbocycles. The minimum Gasteiger partial charge on any atom is -0.461 e. The number of benzene rings is 2. The number of halogens is 1. The van der Waals surface area contributed by atoms with Crippen molar-refractivity contribution in [3.63, 3.8) is 0 Å². The van der Waals surface area contributed by atoms with E-state index in [0.29, 0.717) is 16.9 Å². The molecule has 0 aliphatic heterocycles. The molecule has 0 radical (unpaired) electrons. The van der Waals surface area contributed by atoms with Crippen LogP contribution in [0.4, 0.5) is 4.39 Å². The summed E-state index contributed by atoms with van der Waals surface area (Å²) < 4.78 is 19.7. The molecular formula is C19H14FN3O2. The third-order valence-corrected chi connectivity index (χ3v) is 3.58. The fraction of sp³-hybridized carbons (Fsp3) is 0.105. The maximum atomic E-state index is 13.2. The lowest BCUT2D eigenvalue weighted by Crippen LogP contribution is -2.08. The van der Waals surface area contributed by atoms with Crippen molar-refractivity contribution in [1.29, 1.82) is 5.26 Å². The van der Waals surface area contributed by atoms with Gasteiger partial charge in [-0.15, -0.1) is 0 Å². The van der Waals surface area contributed by atoms with Crippen LogP contribution in [0.25, 0.3) is 16.9 Å². The van der Waals surface area contributed by atoms with Crippen LogP contribution in [0.15, 0.2) is 54.6 Å². The highest BCUT2D eigenvalue weighted by molar-refractivity contribution is 5.93. The first-order chi connectivity index (χ1) is 12.2. The molecule has 3 rings (SSSR count). The summed E-state index contributed by atoms with van der Waals surface area (Å²) in [6, 6.07) is 16.8. The van der Waals surface area contributed by atoms with Gasteiger partial charge in [0.15, 0.2) is 5.69 Å². The third kappa shape index (κ3) is 3.12. The Balaban J connectivity index is 2.27. The predicted octanol–water partition coefficient (Wildman–Crippen LogP) is 3.73. The van der Waals surface area contributed by atoms with Gasteiger partial charge in [0.05, 0.1) is 18.0 Å². The molecule has 0 unspecified atom stereocenters. The Kier molecular flexibility index (Phi) is 4.57. The molecule has 0 fully saturated rings. The zero-order valence-corrected chi connectivity index (χ0v) is 13.4. The van der Waals surface area contributed by atoms with Crippen molar-refractivity contribution < 1.29 is 13.9 Å². The number of hydrogen-bond acceptors (Lipinski definition) is 4. The summed E-state index contributed by atoms with van der Waals surface area (Å²) in [5, 5.41) is 13.9. The quantitative estimate of drug-likeness (QED) is 0.681. The monoisotopic (exact) mass is 335 g/mol. The molecule has 124 valence electrons. The fourth-order valence-corrected chi connectivity index (χ4v) is 2.50. The third-order valence-electron chi connectivity index (χ3n) is 3.58. The van der Waals surface area contributed by atoms with E-state index in [2.05, 4.69) is 5.10 Å². The Hall–Kier alpha value is -3.46. The normalized spacial score (nSPS) is 10.3. The number of rotatable bonds is 4. The number of aromatic nitrogens is 2. The van der Waals surface area contributed by atoms with Crippen molar-refractivity contribution in [1.82, 2.24) is 9.78 Å². The molecule has 2 aromatic carbocycles. The molecule has 0 atom stereocenters. The Morgan fingerprint density at radius 1 is 1.20 bits per heavy atom. The summed E-state index contributed by atoms with van der Waals surface area (Å²) in [7, 11) is 0. The van der Waals surface area contributed by atoms with Crippen LogP contribution in [0.2, 0.25) is 0 Å². The molecule has 0 saturated carbocycles. The lowest BCUT2D eigenvalue weighted by molar-refractivity contribution is 0.0518. The minimum atomic E-state index is -0.669. The van der Waals surface area contributed by atoms with Gasteiger partial charge in [0.1, 0.15) is 17.4 Å². The van der Waals surface area contributed by atoms with Crippen molar-refractivity contribution in [2.24, 2.45) is 0 Å². The SMILES string of the molecule is CCOC(=O)c1nn(-c2ccc(F)cc2)c(-c2ccccc2)c1C#N. The Morgan fingerprint density at radius 3 is 2.48 bits per heavy atom. The number of carbonyl (C=O) groups excluding carboxylic acids is 1. The van der Waals surface area contributed by atoms with Crippen LogP contribution in [-0.4, -0.2) is 22.4 Å². The number of esters is 1. The fourth-order valence-electron chi connectivity index (χ4n) is 2.50. The van der Waals surface area contributed by atoms with E-state index in [1.807, 2.05) is 36.4 Å². The molecule has 6 heteroatoms. The molecular weight excluding hydrogens is 321 g/mol. The molecule has 1 aromatic heterocycles. The average Bonchev–Trinajstić information content (AvgIpc) is 3.03. The van der Waals surface area contributed by atoms with Gasteiger partial charge in [0.25, 0.3) is 0 Å². The molecule has 3 aromatic rings. The highest BCUT2D eigenvalue weighted by atomic mass is 19.1. The van der Waals surface area contributed by atoms with Gasteiger partial charge in [0, 0.05) is 5.56 Å². The van der Waals surface area contributed by atoms with E-state index < -0.39 is 5.97 Å². The number of carbonyl (C=O) groups is 1. The van der Waals surface area contributed by atoms with Gasteiger partial charge in [-0.3, -0.25) is 0 Å². The van der Waals surface area contributed by atoms with E-state index in [-0.39, 0.29) is 23.7 Å². The van der Waals surface area contributed by atoms with Crippen LogP contribution in [0.5, 0.6) is 0 Å². The Bertz CT molecular complexity index is 941. The maximum Gasteiger partial charge on any atom is 0.360 e. The summed E-state index contributed by atoms with van der Waals surface area (Å²) in [5.41, 5.74) is 1.76. The average molecular weight is 335 g/mol. The number of hydrogen-bond donors (Lipinski definition) is 0. The highest BCUT2D eigenvalue weighted by Gasteiger charge is 2.25. The first kappa shape index (κ1) is 16.4. The number of nitriles is 1. The van der Waals surface area contributed by atoms with Gasteiger partial charge < -0.3 is 4.74 Å². The van der Waals surface area contributed by atoms with Gasteiger partial charge in [-0.2, -0.15) is 10.4 Å². The lowest BCUT2D eigenvalue weighted by Gasteiger charge is -2.08. The van der Waals surface area contributed by atoms with Gasteiger partial charge in [0.2, 0.25) is 0 Å². The lowest BCUT2D eigenvalue weighted by atomic mass is 10.1. The smallest absolute Gasteiger partial charge is 0.360 e.